The van der Waals surface area contributed by atoms with Gasteiger partial charge in [0.25, 0.3) is 0 Å². The molecule has 0 radical (unpaired) electrons. The zero-order valence-electron chi connectivity index (χ0n) is 42.1. The van der Waals surface area contributed by atoms with E-state index in [9.17, 15) is 0 Å². The molecule has 7 nitrogen and oxygen atoms in total. The fourth-order valence-corrected chi connectivity index (χ4v) is 10.3. The van der Waals surface area contributed by atoms with Crippen LogP contribution < -0.4 is 4.74 Å². The molecule has 11 rings (SSSR count). The maximum atomic E-state index is 8.02. The van der Waals surface area contributed by atoms with E-state index in [1.807, 2.05) is 36.4 Å². The van der Waals surface area contributed by atoms with Gasteiger partial charge >= 0.3 is 0 Å². The zero-order chi connectivity index (χ0) is 49.8. The van der Waals surface area contributed by atoms with Crippen molar-refractivity contribution in [2.45, 2.75) is 79.1 Å². The van der Waals surface area contributed by atoms with Gasteiger partial charge in [0.05, 0.1) is 51.7 Å². The molecule has 0 saturated heterocycles. The minimum atomic E-state index is 0.171. The van der Waals surface area contributed by atoms with E-state index in [1.54, 1.807) is 6.26 Å². The van der Waals surface area contributed by atoms with Gasteiger partial charge in [-0.25, -0.2) is 14.8 Å². The Morgan fingerprint density at radius 2 is 0.972 bits per heavy atom. The average Bonchev–Trinajstić information content (AvgIpc) is 4.14. The van der Waals surface area contributed by atoms with Gasteiger partial charge in [-0.15, -0.1) is 0 Å². The van der Waals surface area contributed by atoms with E-state index in [0.717, 1.165) is 55.9 Å². The predicted octanol–water partition coefficient (Wildman–Crippen LogP) is 18.6. The molecular weight excluding hydrogens is 883 g/mol. The van der Waals surface area contributed by atoms with Gasteiger partial charge in [-0.1, -0.05) is 146 Å². The number of ether oxygens (including phenoxy) is 1. The van der Waals surface area contributed by atoms with E-state index >= 15 is 0 Å². The van der Waals surface area contributed by atoms with Gasteiger partial charge < -0.3 is 9.15 Å². The summed E-state index contributed by atoms with van der Waals surface area (Å²) in [4.78, 5) is 14.6. The lowest BCUT2D eigenvalue weighted by molar-refractivity contribution is 0.488. The molecule has 3 aromatic heterocycles. The number of hydrogen-bond donors (Lipinski definition) is 0. The number of para-hydroxylation sites is 2. The molecular formula is C65H57N5O2. The number of rotatable bonds is 12. The number of furan rings is 1. The van der Waals surface area contributed by atoms with Gasteiger partial charge in [-0.05, 0) is 147 Å². The molecule has 0 atom stereocenters. The highest BCUT2D eigenvalue weighted by atomic mass is 16.5. The molecule has 0 aliphatic rings. The van der Waals surface area contributed by atoms with Crippen LogP contribution in [0.2, 0.25) is 0 Å². The molecule has 354 valence electrons. The summed E-state index contributed by atoms with van der Waals surface area (Å²) in [5.74, 6) is 3.68. The monoisotopic (exact) mass is 939 g/mol. The van der Waals surface area contributed by atoms with E-state index in [2.05, 4.69) is 203 Å². The van der Waals surface area contributed by atoms with E-state index in [1.165, 1.54) is 50.2 Å². The molecule has 0 spiro atoms. The van der Waals surface area contributed by atoms with Crippen LogP contribution in [-0.2, 0) is 0 Å². The molecule has 0 aliphatic heterocycles. The Morgan fingerprint density at radius 1 is 0.458 bits per heavy atom. The summed E-state index contributed by atoms with van der Waals surface area (Å²) in [7, 11) is 0. The molecule has 8 aromatic carbocycles. The number of nitrogens with zero attached hydrogens (tertiary/aromatic N) is 5. The third-order valence-corrected chi connectivity index (χ3v) is 13.9. The van der Waals surface area contributed by atoms with Crippen molar-refractivity contribution in [2.24, 2.45) is 0 Å². The van der Waals surface area contributed by atoms with E-state index in [0.29, 0.717) is 22.8 Å². The Morgan fingerprint density at radius 3 is 1.54 bits per heavy atom. The number of hydrogen-bond acceptors (Lipinski definition) is 4. The van der Waals surface area contributed by atoms with Crippen LogP contribution in [-0.4, -0.2) is 19.1 Å². The SMILES string of the molecule is [C-]#[N+]c1ccc2nc(-c3cc(Oc4cccc(-c5nc6ccccc6n5-c5c(C(C)C)cc(-c6ccccc6)cc5C(C)C)c4)c4ccoc4c3)n(-c3c(C(C)C)cc(-c4ccccc4)cc3C(C)C)c2c1. The minimum Gasteiger partial charge on any atom is -0.464 e. The van der Waals surface area contributed by atoms with E-state index in [4.69, 9.17) is 25.7 Å². The minimum absolute atomic E-state index is 0.171. The van der Waals surface area contributed by atoms with Gasteiger partial charge in [0.15, 0.2) is 5.69 Å². The van der Waals surface area contributed by atoms with Crippen LogP contribution in [0.15, 0.2) is 181 Å². The van der Waals surface area contributed by atoms with Crippen LogP contribution in [0.5, 0.6) is 11.5 Å². The summed E-state index contributed by atoms with van der Waals surface area (Å²) in [5, 5.41) is 0.842. The zero-order valence-corrected chi connectivity index (χ0v) is 42.1. The summed E-state index contributed by atoms with van der Waals surface area (Å²) in [5.41, 5.74) is 18.5. The molecule has 72 heavy (non-hydrogen) atoms. The van der Waals surface area contributed by atoms with Crippen molar-refractivity contribution in [1.29, 1.82) is 0 Å². The van der Waals surface area contributed by atoms with E-state index < -0.39 is 0 Å². The van der Waals surface area contributed by atoms with Gasteiger partial charge in [0.1, 0.15) is 28.7 Å². The summed E-state index contributed by atoms with van der Waals surface area (Å²) in [6.07, 6.45) is 1.71. The first-order valence-electron chi connectivity index (χ1n) is 25.1. The highest BCUT2D eigenvalue weighted by Crippen LogP contribution is 2.45. The first kappa shape index (κ1) is 45.9. The molecule has 0 aliphatic carbocycles. The Kier molecular flexibility index (Phi) is 11.9. The Balaban J connectivity index is 1.07. The molecule has 7 heteroatoms. The van der Waals surface area contributed by atoms with Crippen LogP contribution in [0.4, 0.5) is 5.69 Å². The molecule has 3 heterocycles. The van der Waals surface area contributed by atoms with Gasteiger partial charge in [0.2, 0.25) is 0 Å². The number of aromatic nitrogens is 4. The molecule has 0 amide bonds. The van der Waals surface area contributed by atoms with E-state index in [-0.39, 0.29) is 23.7 Å². The normalized spacial score (nSPS) is 11.8. The van der Waals surface area contributed by atoms with Crippen LogP contribution in [0.1, 0.15) is 101 Å². The van der Waals surface area contributed by atoms with Crippen molar-refractivity contribution in [3.05, 3.63) is 210 Å². The summed E-state index contributed by atoms with van der Waals surface area (Å²) in [6, 6.07) is 59.2. The fraction of sp³-hybridized carbons (Fsp3) is 0.185. The highest BCUT2D eigenvalue weighted by Gasteiger charge is 2.27. The van der Waals surface area contributed by atoms with Crippen LogP contribution in [0.3, 0.4) is 0 Å². The van der Waals surface area contributed by atoms with Crippen molar-refractivity contribution >= 4 is 38.7 Å². The lowest BCUT2D eigenvalue weighted by Crippen LogP contribution is -2.09. The van der Waals surface area contributed by atoms with Crippen molar-refractivity contribution in [3.63, 3.8) is 0 Å². The first-order valence-corrected chi connectivity index (χ1v) is 25.1. The standard InChI is InChI=1S/C65H57N5O2/c1-39(2)52-32-46(43-19-12-10-13-20-43)33-53(40(3)4)62(52)69-58-26-17-16-25-56(58)67-64(69)45-23-18-24-50(31-45)72-61-37-48(36-60-51(61)29-30-71-60)65-68-57-28-27-49(66-9)38-59(57)70(65)63-54(41(5)6)34-47(35-55(63)42(7)8)44-21-14-11-15-22-44/h10-42H,1-8H3. The Bertz CT molecular complexity index is 3810. The lowest BCUT2D eigenvalue weighted by Gasteiger charge is -2.24. The van der Waals surface area contributed by atoms with Crippen LogP contribution >= 0.6 is 0 Å². The predicted molar refractivity (Wildman–Crippen MR) is 296 cm³/mol. The smallest absolute Gasteiger partial charge is 0.189 e. The number of benzene rings is 8. The summed E-state index contributed by atoms with van der Waals surface area (Å²) >= 11 is 0. The first-order chi connectivity index (χ1) is 34.9. The highest BCUT2D eigenvalue weighted by molar-refractivity contribution is 5.93. The Hall–Kier alpha value is -8.47. The third kappa shape index (κ3) is 8.23. The molecule has 11 aromatic rings. The fourth-order valence-electron chi connectivity index (χ4n) is 10.3. The lowest BCUT2D eigenvalue weighted by atomic mass is 9.88. The topological polar surface area (TPSA) is 62.4 Å². The van der Waals surface area contributed by atoms with Crippen molar-refractivity contribution < 1.29 is 9.15 Å². The van der Waals surface area contributed by atoms with Gasteiger partial charge in [-0.3, -0.25) is 9.13 Å². The van der Waals surface area contributed by atoms with Crippen LogP contribution in [0.25, 0.3) is 94.3 Å². The van der Waals surface area contributed by atoms with Gasteiger partial charge in [-0.2, -0.15) is 0 Å². The van der Waals surface area contributed by atoms with Gasteiger partial charge in [0, 0.05) is 11.1 Å². The molecule has 0 unspecified atom stereocenters. The molecule has 0 N–H and O–H groups in total. The Labute approximate surface area is 421 Å². The van der Waals surface area contributed by atoms with Crippen LogP contribution in [0, 0.1) is 6.57 Å². The number of imidazole rings is 2. The van der Waals surface area contributed by atoms with Crippen molar-refractivity contribution in [1.82, 2.24) is 19.1 Å². The maximum absolute atomic E-state index is 8.02. The largest absolute Gasteiger partial charge is 0.464 e. The maximum Gasteiger partial charge on any atom is 0.189 e. The third-order valence-electron chi connectivity index (χ3n) is 13.9. The summed E-state index contributed by atoms with van der Waals surface area (Å²) < 4.78 is 17.9. The van der Waals surface area contributed by atoms with Crippen molar-refractivity contribution in [2.75, 3.05) is 0 Å². The molecule has 0 bridgehead atoms. The summed E-state index contributed by atoms with van der Waals surface area (Å²) in [6.45, 7) is 26.1. The quantitative estimate of drug-likeness (QED) is 0.115. The number of fused-ring (bicyclic) bond motifs is 3. The average molecular weight is 940 g/mol. The molecule has 0 saturated carbocycles. The second-order valence-corrected chi connectivity index (χ2v) is 20.1. The molecule has 0 fully saturated rings. The second kappa shape index (κ2) is 18.7. The second-order valence-electron chi connectivity index (χ2n) is 20.1. The van der Waals surface area contributed by atoms with Crippen molar-refractivity contribution in [3.8, 4) is 67.9 Å².